The van der Waals surface area contributed by atoms with E-state index in [2.05, 4.69) is 27.8 Å². The summed E-state index contributed by atoms with van der Waals surface area (Å²) in [5.74, 6) is 1.83. The second-order valence-electron chi connectivity index (χ2n) is 7.61. The maximum atomic E-state index is 13.5. The van der Waals surface area contributed by atoms with Crippen LogP contribution in [0.5, 0.6) is 5.75 Å². The van der Waals surface area contributed by atoms with E-state index in [0.717, 1.165) is 41.8 Å². The van der Waals surface area contributed by atoms with Gasteiger partial charge in [0.25, 0.3) is 5.56 Å². The van der Waals surface area contributed by atoms with Crippen molar-refractivity contribution in [3.63, 3.8) is 0 Å². The summed E-state index contributed by atoms with van der Waals surface area (Å²) < 4.78 is 8.32. The minimum Gasteiger partial charge on any atom is -0.496 e. The molecule has 152 valence electrons. The standard InChI is InChI=1S/C23H26BrN3O2/c1-3-26-12-6-7-16(14-26)15-27-22(18-8-4-5-9-21(18)29-2)25-20-11-10-17(24)13-19(20)23(27)28/h4-5,8-11,13,16H,3,6-7,12,14-15H2,1-2H3. The van der Waals surface area contributed by atoms with Crippen LogP contribution in [0.1, 0.15) is 19.8 Å². The van der Waals surface area contributed by atoms with E-state index >= 15 is 0 Å². The highest BCUT2D eigenvalue weighted by Crippen LogP contribution is 2.30. The first-order chi connectivity index (χ1) is 14.1. The van der Waals surface area contributed by atoms with Crippen molar-refractivity contribution < 1.29 is 4.74 Å². The molecule has 0 bridgehead atoms. The molecule has 1 atom stereocenters. The van der Waals surface area contributed by atoms with Crippen molar-refractivity contribution >= 4 is 26.8 Å². The maximum absolute atomic E-state index is 13.5. The molecule has 0 spiro atoms. The molecule has 1 aliphatic heterocycles. The molecule has 0 N–H and O–H groups in total. The van der Waals surface area contributed by atoms with E-state index in [1.807, 2.05) is 47.0 Å². The van der Waals surface area contributed by atoms with Crippen molar-refractivity contribution in [2.75, 3.05) is 26.7 Å². The van der Waals surface area contributed by atoms with Crippen LogP contribution in [0.2, 0.25) is 0 Å². The molecule has 1 unspecified atom stereocenters. The Morgan fingerprint density at radius 1 is 1.24 bits per heavy atom. The molecule has 3 aromatic rings. The molecule has 29 heavy (non-hydrogen) atoms. The third-order valence-corrected chi connectivity index (χ3v) is 6.25. The molecule has 0 aliphatic carbocycles. The summed E-state index contributed by atoms with van der Waals surface area (Å²) in [5.41, 5.74) is 1.56. The lowest BCUT2D eigenvalue weighted by atomic mass is 9.97. The van der Waals surface area contributed by atoms with Crippen LogP contribution in [0, 0.1) is 5.92 Å². The van der Waals surface area contributed by atoms with Crippen LogP contribution in [0.3, 0.4) is 0 Å². The van der Waals surface area contributed by atoms with Crippen molar-refractivity contribution in [2.45, 2.75) is 26.3 Å². The summed E-state index contributed by atoms with van der Waals surface area (Å²) >= 11 is 3.49. The zero-order chi connectivity index (χ0) is 20.4. The first kappa shape index (κ1) is 20.1. The average molecular weight is 456 g/mol. The third kappa shape index (κ3) is 4.09. The summed E-state index contributed by atoms with van der Waals surface area (Å²) in [7, 11) is 1.65. The van der Waals surface area contributed by atoms with Crippen LogP contribution in [-0.2, 0) is 6.54 Å². The molecule has 1 saturated heterocycles. The number of likely N-dealkylation sites (tertiary alicyclic amines) is 1. The van der Waals surface area contributed by atoms with Crippen molar-refractivity contribution in [1.29, 1.82) is 0 Å². The van der Waals surface area contributed by atoms with E-state index in [1.54, 1.807) is 7.11 Å². The monoisotopic (exact) mass is 455 g/mol. The van der Waals surface area contributed by atoms with Gasteiger partial charge in [-0.25, -0.2) is 4.98 Å². The number of rotatable bonds is 5. The topological polar surface area (TPSA) is 47.4 Å². The third-order valence-electron chi connectivity index (χ3n) is 5.76. The first-order valence-corrected chi connectivity index (χ1v) is 11.0. The lowest BCUT2D eigenvalue weighted by molar-refractivity contribution is 0.169. The number of hydrogen-bond donors (Lipinski definition) is 0. The quantitative estimate of drug-likeness (QED) is 0.565. The number of methoxy groups -OCH3 is 1. The van der Waals surface area contributed by atoms with Gasteiger partial charge in [0, 0.05) is 17.6 Å². The Labute approximate surface area is 179 Å². The summed E-state index contributed by atoms with van der Waals surface area (Å²) in [6, 6.07) is 13.5. The molecule has 0 saturated carbocycles. The highest BCUT2D eigenvalue weighted by Gasteiger charge is 2.23. The van der Waals surface area contributed by atoms with Crippen LogP contribution < -0.4 is 10.3 Å². The number of piperidine rings is 1. The molecular weight excluding hydrogens is 430 g/mol. The molecule has 2 heterocycles. The molecule has 0 amide bonds. The van der Waals surface area contributed by atoms with Gasteiger partial charge in [-0.3, -0.25) is 9.36 Å². The van der Waals surface area contributed by atoms with Gasteiger partial charge < -0.3 is 9.64 Å². The number of nitrogens with zero attached hydrogens (tertiary/aromatic N) is 3. The number of halogens is 1. The van der Waals surface area contributed by atoms with Crippen LogP contribution in [0.15, 0.2) is 51.7 Å². The van der Waals surface area contributed by atoms with Crippen molar-refractivity contribution in [2.24, 2.45) is 5.92 Å². The number of benzene rings is 2. The van der Waals surface area contributed by atoms with Gasteiger partial charge in [-0.2, -0.15) is 0 Å². The molecule has 1 fully saturated rings. The van der Waals surface area contributed by atoms with Crippen molar-refractivity contribution in [1.82, 2.24) is 14.5 Å². The van der Waals surface area contributed by atoms with Gasteiger partial charge in [0.15, 0.2) is 0 Å². The predicted octanol–water partition coefficient (Wildman–Crippen LogP) is 4.57. The fourth-order valence-corrected chi connectivity index (χ4v) is 4.60. The zero-order valence-corrected chi connectivity index (χ0v) is 18.5. The number of ether oxygens (including phenoxy) is 1. The molecule has 1 aliphatic rings. The summed E-state index contributed by atoms with van der Waals surface area (Å²) in [6.45, 7) is 6.07. The van der Waals surface area contributed by atoms with E-state index < -0.39 is 0 Å². The molecule has 5 nitrogen and oxygen atoms in total. The highest BCUT2D eigenvalue weighted by atomic mass is 79.9. The highest BCUT2D eigenvalue weighted by molar-refractivity contribution is 9.10. The molecular formula is C23H26BrN3O2. The SMILES string of the molecule is CCN1CCCC(Cn2c(-c3ccccc3OC)nc3ccc(Br)cc3c2=O)C1. The molecule has 6 heteroatoms. The van der Waals surface area contributed by atoms with Gasteiger partial charge in [-0.1, -0.05) is 35.0 Å². The van der Waals surface area contributed by atoms with Gasteiger partial charge in [0.1, 0.15) is 11.6 Å². The van der Waals surface area contributed by atoms with Gasteiger partial charge in [0.05, 0.1) is 23.6 Å². The van der Waals surface area contributed by atoms with Crippen LogP contribution in [0.4, 0.5) is 0 Å². The van der Waals surface area contributed by atoms with Crippen molar-refractivity contribution in [3.05, 3.63) is 57.3 Å². The number of aromatic nitrogens is 2. The largest absolute Gasteiger partial charge is 0.496 e. The second-order valence-corrected chi connectivity index (χ2v) is 8.53. The van der Waals surface area contributed by atoms with E-state index in [4.69, 9.17) is 9.72 Å². The summed E-state index contributed by atoms with van der Waals surface area (Å²) in [4.78, 5) is 20.9. The Hall–Kier alpha value is -2.18. The Kier molecular flexibility index (Phi) is 6.01. The normalized spacial score (nSPS) is 17.6. The van der Waals surface area contributed by atoms with Gasteiger partial charge in [0.2, 0.25) is 0 Å². The van der Waals surface area contributed by atoms with E-state index in [1.165, 1.54) is 6.42 Å². The van der Waals surface area contributed by atoms with Gasteiger partial charge in [-0.15, -0.1) is 0 Å². The molecule has 1 aromatic heterocycles. The van der Waals surface area contributed by atoms with Gasteiger partial charge >= 0.3 is 0 Å². The van der Waals surface area contributed by atoms with E-state index in [9.17, 15) is 4.79 Å². The van der Waals surface area contributed by atoms with E-state index in [0.29, 0.717) is 29.2 Å². The summed E-state index contributed by atoms with van der Waals surface area (Å²) in [5, 5.41) is 0.640. The van der Waals surface area contributed by atoms with Gasteiger partial charge in [-0.05, 0) is 62.2 Å². The smallest absolute Gasteiger partial charge is 0.261 e. The number of hydrogen-bond acceptors (Lipinski definition) is 4. The van der Waals surface area contributed by atoms with E-state index in [-0.39, 0.29) is 5.56 Å². The predicted molar refractivity (Wildman–Crippen MR) is 121 cm³/mol. The molecule has 4 rings (SSSR count). The lowest BCUT2D eigenvalue weighted by Gasteiger charge is -2.32. The molecule has 0 radical (unpaired) electrons. The first-order valence-electron chi connectivity index (χ1n) is 10.2. The zero-order valence-electron chi connectivity index (χ0n) is 16.9. The number of fused-ring (bicyclic) bond motifs is 1. The minimum absolute atomic E-state index is 0.00540. The Balaban J connectivity index is 1.88. The van der Waals surface area contributed by atoms with Crippen LogP contribution >= 0.6 is 15.9 Å². The summed E-state index contributed by atoms with van der Waals surface area (Å²) in [6.07, 6.45) is 2.30. The van der Waals surface area contributed by atoms with Crippen LogP contribution in [0.25, 0.3) is 22.3 Å². The van der Waals surface area contributed by atoms with Crippen LogP contribution in [-0.4, -0.2) is 41.2 Å². The second kappa shape index (κ2) is 8.67. The maximum Gasteiger partial charge on any atom is 0.261 e. The number of para-hydroxylation sites is 1. The Morgan fingerprint density at radius 2 is 2.07 bits per heavy atom. The Morgan fingerprint density at radius 3 is 2.86 bits per heavy atom. The fraction of sp³-hybridized carbons (Fsp3) is 0.391. The lowest BCUT2D eigenvalue weighted by Crippen LogP contribution is -2.38. The minimum atomic E-state index is 0.00540. The van der Waals surface area contributed by atoms with Crippen molar-refractivity contribution in [3.8, 4) is 17.1 Å². The molecule has 2 aromatic carbocycles. The fourth-order valence-electron chi connectivity index (χ4n) is 4.24. The average Bonchev–Trinajstić information content (AvgIpc) is 2.76. The Bertz CT molecular complexity index is 1080.